The largest absolute Gasteiger partial charge is 0.439 e. The number of hydrogen-bond acceptors (Lipinski definition) is 8. The van der Waals surface area contributed by atoms with Gasteiger partial charge in [0.2, 0.25) is 5.88 Å². The van der Waals surface area contributed by atoms with E-state index in [1.807, 2.05) is 43.3 Å². The van der Waals surface area contributed by atoms with Crippen LogP contribution in [0.15, 0.2) is 73.6 Å². The summed E-state index contributed by atoms with van der Waals surface area (Å²) >= 11 is 0. The molecule has 0 bridgehead atoms. The normalized spacial score (nSPS) is 11.0. The number of fused-ring (bicyclic) bond motifs is 2. The lowest BCUT2D eigenvalue weighted by atomic mass is 10.0. The highest BCUT2D eigenvalue weighted by Crippen LogP contribution is 2.29. The second kappa shape index (κ2) is 8.70. The Bertz CT molecular complexity index is 1560. The minimum atomic E-state index is 0.00887. The number of aryl methyl sites for hydroxylation is 1. The zero-order valence-corrected chi connectivity index (χ0v) is 18.7. The predicted molar refractivity (Wildman–Crippen MR) is 128 cm³/mol. The first-order valence-corrected chi connectivity index (χ1v) is 10.6. The van der Waals surface area contributed by atoms with E-state index in [2.05, 4.69) is 37.0 Å². The Hall–Kier alpha value is -4.66. The minimum absolute atomic E-state index is 0.00887. The van der Waals surface area contributed by atoms with Crippen molar-refractivity contribution in [1.82, 2.24) is 29.5 Å². The summed E-state index contributed by atoms with van der Waals surface area (Å²) in [5.74, 6) is 1.77. The lowest BCUT2D eigenvalue weighted by Crippen LogP contribution is -2.03. The Labute approximate surface area is 195 Å². The number of anilines is 2. The highest BCUT2D eigenvalue weighted by atomic mass is 16.5. The number of benzene rings is 2. The first kappa shape index (κ1) is 21.2. The monoisotopic (exact) mass is 451 g/mol. The Morgan fingerprint density at radius 1 is 1.09 bits per heavy atom. The predicted octanol–water partition coefficient (Wildman–Crippen LogP) is 4.60. The molecule has 9 heteroatoms. The third-order valence-electron chi connectivity index (χ3n) is 5.36. The van der Waals surface area contributed by atoms with Gasteiger partial charge in [0, 0.05) is 23.6 Å². The van der Waals surface area contributed by atoms with Crippen molar-refractivity contribution in [3.63, 3.8) is 0 Å². The van der Waals surface area contributed by atoms with Crippen LogP contribution in [-0.2, 0) is 11.2 Å². The van der Waals surface area contributed by atoms with E-state index in [0.717, 1.165) is 27.7 Å². The number of carbonyl (C=O) groups excluding carboxylic acids is 1. The van der Waals surface area contributed by atoms with Crippen molar-refractivity contribution < 1.29 is 9.53 Å². The topological polar surface area (TPSA) is 107 Å². The van der Waals surface area contributed by atoms with E-state index in [-0.39, 0.29) is 5.78 Å². The van der Waals surface area contributed by atoms with Gasteiger partial charge in [0.1, 0.15) is 30.5 Å². The first-order chi connectivity index (χ1) is 16.5. The number of nitrogens with one attached hydrogen (secondary N) is 1. The van der Waals surface area contributed by atoms with Crippen LogP contribution in [0.4, 0.5) is 11.5 Å². The second-order valence-electron chi connectivity index (χ2n) is 7.98. The molecule has 34 heavy (non-hydrogen) atoms. The van der Waals surface area contributed by atoms with E-state index in [1.54, 1.807) is 30.0 Å². The molecule has 0 fully saturated rings. The lowest BCUT2D eigenvalue weighted by Gasteiger charge is -2.12. The molecule has 5 rings (SSSR count). The third kappa shape index (κ3) is 4.31. The zero-order valence-electron chi connectivity index (χ0n) is 18.7. The molecule has 0 spiro atoms. The maximum absolute atomic E-state index is 12.1. The van der Waals surface area contributed by atoms with Crippen molar-refractivity contribution in [2.45, 2.75) is 20.3 Å². The highest BCUT2D eigenvalue weighted by Gasteiger charge is 2.11. The molecule has 0 saturated heterocycles. The van der Waals surface area contributed by atoms with Gasteiger partial charge in [-0.05, 0) is 60.9 Å². The van der Waals surface area contributed by atoms with E-state index >= 15 is 0 Å². The number of hydrogen-bond donors (Lipinski definition) is 1. The highest BCUT2D eigenvalue weighted by molar-refractivity contribution is 5.97. The Balaban J connectivity index is 1.39. The molecule has 0 radical (unpaired) electrons. The molecule has 0 aliphatic carbocycles. The molecule has 5 aromatic rings. The van der Waals surface area contributed by atoms with Crippen LogP contribution < -0.4 is 10.1 Å². The Kier molecular flexibility index (Phi) is 5.43. The fourth-order valence-corrected chi connectivity index (χ4v) is 3.51. The summed E-state index contributed by atoms with van der Waals surface area (Å²) in [6.07, 6.45) is 4.99. The average Bonchev–Trinajstić information content (AvgIpc) is 3.29. The summed E-state index contributed by atoms with van der Waals surface area (Å²) in [5.41, 5.74) is 4.62. The van der Waals surface area contributed by atoms with Crippen LogP contribution in [0.5, 0.6) is 11.6 Å². The summed E-state index contributed by atoms with van der Waals surface area (Å²) in [7, 11) is 0. The number of carbonyl (C=O) groups is 1. The van der Waals surface area contributed by atoms with Crippen molar-refractivity contribution in [1.29, 1.82) is 0 Å². The quantitative estimate of drug-likeness (QED) is 0.358. The van der Waals surface area contributed by atoms with Crippen molar-refractivity contribution in [3.8, 4) is 11.6 Å². The molecule has 0 amide bonds. The smallest absolute Gasteiger partial charge is 0.224 e. The molecule has 168 valence electrons. The van der Waals surface area contributed by atoms with E-state index < -0.39 is 0 Å². The van der Waals surface area contributed by atoms with Crippen LogP contribution in [0, 0.1) is 6.92 Å². The maximum atomic E-state index is 12.1. The number of allylic oxidation sites excluding steroid dienone is 1. The number of ketones is 1. The SMILES string of the molecule is C=C(C)C(=O)Cc1ccc2ncnc(Nc3ccc(Oc4cc5nncn5cn4)c(C)c3)c2c1. The average molecular weight is 451 g/mol. The lowest BCUT2D eigenvalue weighted by molar-refractivity contribution is -0.114. The number of rotatable bonds is 7. The zero-order chi connectivity index (χ0) is 23.7. The van der Waals surface area contributed by atoms with Crippen molar-refractivity contribution in [3.05, 3.63) is 84.7 Å². The minimum Gasteiger partial charge on any atom is -0.439 e. The van der Waals surface area contributed by atoms with Gasteiger partial charge in [-0.15, -0.1) is 10.2 Å². The number of ether oxygens (including phenoxy) is 1. The Morgan fingerprint density at radius 2 is 1.97 bits per heavy atom. The molecular formula is C25H21N7O2. The van der Waals surface area contributed by atoms with E-state index in [1.165, 1.54) is 6.33 Å². The number of nitrogens with zero attached hydrogens (tertiary/aromatic N) is 6. The molecule has 2 aromatic carbocycles. The molecule has 1 N–H and O–H groups in total. The molecule has 3 heterocycles. The summed E-state index contributed by atoms with van der Waals surface area (Å²) in [5, 5.41) is 12.0. The molecule has 0 unspecified atom stereocenters. The van der Waals surface area contributed by atoms with Crippen molar-refractivity contribution in [2.24, 2.45) is 0 Å². The summed E-state index contributed by atoms with van der Waals surface area (Å²) in [4.78, 5) is 25.1. The van der Waals surface area contributed by atoms with Gasteiger partial charge in [-0.1, -0.05) is 12.6 Å². The Morgan fingerprint density at radius 3 is 2.79 bits per heavy atom. The van der Waals surface area contributed by atoms with Crippen LogP contribution in [0.1, 0.15) is 18.1 Å². The fourth-order valence-electron chi connectivity index (χ4n) is 3.51. The molecular weight excluding hydrogens is 430 g/mol. The number of Topliss-reactive ketones (excluding diaryl/α,β-unsaturated/α-hetero) is 1. The van der Waals surface area contributed by atoms with Gasteiger partial charge in [0.15, 0.2) is 11.4 Å². The second-order valence-corrected chi connectivity index (χ2v) is 7.98. The van der Waals surface area contributed by atoms with Crippen LogP contribution in [-0.4, -0.2) is 35.3 Å². The van der Waals surface area contributed by atoms with Crippen LogP contribution in [0.25, 0.3) is 16.6 Å². The van der Waals surface area contributed by atoms with Gasteiger partial charge in [-0.3, -0.25) is 9.20 Å². The molecule has 0 aliphatic heterocycles. The van der Waals surface area contributed by atoms with Gasteiger partial charge in [-0.25, -0.2) is 15.0 Å². The van der Waals surface area contributed by atoms with E-state index in [4.69, 9.17) is 4.74 Å². The molecule has 0 aliphatic rings. The summed E-state index contributed by atoms with van der Waals surface area (Å²) in [6, 6.07) is 13.2. The molecule has 0 atom stereocenters. The van der Waals surface area contributed by atoms with Gasteiger partial charge in [0.25, 0.3) is 0 Å². The number of aromatic nitrogens is 6. The maximum Gasteiger partial charge on any atom is 0.224 e. The molecule has 0 saturated carbocycles. The summed E-state index contributed by atoms with van der Waals surface area (Å²) in [6.45, 7) is 7.41. The van der Waals surface area contributed by atoms with Crippen molar-refractivity contribution in [2.75, 3.05) is 5.32 Å². The van der Waals surface area contributed by atoms with Gasteiger partial charge >= 0.3 is 0 Å². The standard InChI is InChI=1S/C25H21N7O2/c1-15(2)21(33)10-17-4-6-20-19(9-17)25(27-12-26-20)30-18-5-7-22(16(3)8-18)34-24-11-23-31-29-14-32(23)13-28-24/h4-9,11-14H,1,10H2,2-3H3,(H,26,27,30). The summed E-state index contributed by atoms with van der Waals surface area (Å²) < 4.78 is 7.66. The molecule has 9 nitrogen and oxygen atoms in total. The van der Waals surface area contributed by atoms with Gasteiger partial charge in [0.05, 0.1) is 5.52 Å². The fraction of sp³-hybridized carbons (Fsp3) is 0.120. The first-order valence-electron chi connectivity index (χ1n) is 10.6. The van der Waals surface area contributed by atoms with E-state index in [0.29, 0.717) is 35.1 Å². The molecule has 3 aromatic heterocycles. The van der Waals surface area contributed by atoms with E-state index in [9.17, 15) is 4.79 Å². The van der Waals surface area contributed by atoms with Crippen LogP contribution in [0.2, 0.25) is 0 Å². The van der Waals surface area contributed by atoms with Crippen LogP contribution >= 0.6 is 0 Å². The van der Waals surface area contributed by atoms with Gasteiger partial charge < -0.3 is 10.1 Å². The third-order valence-corrected chi connectivity index (χ3v) is 5.36. The van der Waals surface area contributed by atoms with Crippen molar-refractivity contribution >= 4 is 33.8 Å². The van der Waals surface area contributed by atoms with Gasteiger partial charge in [-0.2, -0.15) is 0 Å². The van der Waals surface area contributed by atoms with Crippen LogP contribution in [0.3, 0.4) is 0 Å².